The van der Waals surface area contributed by atoms with E-state index in [0.29, 0.717) is 5.78 Å². The van der Waals surface area contributed by atoms with Crippen LogP contribution in [0.15, 0.2) is 6.33 Å². The van der Waals surface area contributed by atoms with Gasteiger partial charge in [-0.3, -0.25) is 4.79 Å². The molecule has 3 heterocycles. The van der Waals surface area contributed by atoms with Gasteiger partial charge in [-0.05, 0) is 45.4 Å². The summed E-state index contributed by atoms with van der Waals surface area (Å²) in [5.41, 5.74) is 2.49. The zero-order valence-electron chi connectivity index (χ0n) is 15.0. The Labute approximate surface area is 147 Å². The van der Waals surface area contributed by atoms with Crippen LogP contribution >= 0.6 is 0 Å². The summed E-state index contributed by atoms with van der Waals surface area (Å²) in [6, 6.07) is 0.253. The molecule has 0 bridgehead atoms. The Morgan fingerprint density at radius 3 is 2.92 bits per heavy atom. The van der Waals surface area contributed by atoms with Gasteiger partial charge in [-0.25, -0.2) is 4.98 Å². The normalized spacial score (nSPS) is 19.2. The van der Waals surface area contributed by atoms with E-state index in [4.69, 9.17) is 0 Å². The van der Waals surface area contributed by atoms with Gasteiger partial charge in [0.2, 0.25) is 5.91 Å². The number of carbonyl (C=O) groups excluding carboxylic acids is 1. The lowest BCUT2D eigenvalue weighted by atomic mass is 9.95. The molecule has 1 fully saturated rings. The Morgan fingerprint density at radius 2 is 2.16 bits per heavy atom. The predicted molar refractivity (Wildman–Crippen MR) is 95.6 cm³/mol. The molecule has 134 valence electrons. The van der Waals surface area contributed by atoms with E-state index in [1.165, 1.54) is 11.3 Å². The molecule has 1 N–H and O–H groups in total. The van der Waals surface area contributed by atoms with Crippen LogP contribution in [0.5, 0.6) is 0 Å². The fourth-order valence-electron chi connectivity index (χ4n) is 3.94. The van der Waals surface area contributed by atoms with Crippen LogP contribution in [-0.2, 0) is 17.6 Å². The minimum atomic E-state index is 0.117. The number of fused-ring (bicyclic) bond motifs is 2. The van der Waals surface area contributed by atoms with Gasteiger partial charge in [-0.1, -0.05) is 6.92 Å². The summed E-state index contributed by atoms with van der Waals surface area (Å²) in [4.78, 5) is 23.7. The molecule has 0 aromatic carbocycles. The van der Waals surface area contributed by atoms with Gasteiger partial charge >= 0.3 is 0 Å². The molecule has 7 nitrogen and oxygen atoms in total. The van der Waals surface area contributed by atoms with Crippen molar-refractivity contribution in [3.8, 4) is 0 Å². The molecule has 2 aromatic heterocycles. The molecular formula is C18H26N6O. The maximum absolute atomic E-state index is 12.4. The maximum atomic E-state index is 12.4. The number of carbonyl (C=O) groups is 1. The molecule has 4 rings (SSSR count). The van der Waals surface area contributed by atoms with Gasteiger partial charge in [-0.15, -0.1) is 0 Å². The highest BCUT2D eigenvalue weighted by molar-refractivity contribution is 5.79. The number of piperidine rings is 1. The summed E-state index contributed by atoms with van der Waals surface area (Å²) < 4.78 is 1.88. The number of amides is 1. The van der Waals surface area contributed by atoms with E-state index in [2.05, 4.69) is 39.1 Å². The summed E-state index contributed by atoms with van der Waals surface area (Å²) in [6.07, 6.45) is 7.55. The molecule has 0 saturated carbocycles. The van der Waals surface area contributed by atoms with Gasteiger partial charge in [0.15, 0.2) is 0 Å². The van der Waals surface area contributed by atoms with Crippen LogP contribution in [0.3, 0.4) is 0 Å². The largest absolute Gasteiger partial charge is 0.356 e. The Balaban J connectivity index is 1.53. The SMILES string of the molecule is CC[C@@H](C)NC(=O)C1CCN(c2c3c(nc4ncnn24)CCC3)CC1. The minimum absolute atomic E-state index is 0.117. The summed E-state index contributed by atoms with van der Waals surface area (Å²) in [5.74, 6) is 2.16. The van der Waals surface area contributed by atoms with Gasteiger partial charge in [0.1, 0.15) is 12.1 Å². The van der Waals surface area contributed by atoms with Crippen molar-refractivity contribution in [1.29, 1.82) is 0 Å². The third-order valence-corrected chi connectivity index (χ3v) is 5.59. The Kier molecular flexibility index (Phi) is 4.31. The highest BCUT2D eigenvalue weighted by Gasteiger charge is 2.30. The van der Waals surface area contributed by atoms with Crippen LogP contribution in [0.2, 0.25) is 0 Å². The number of nitrogens with zero attached hydrogens (tertiary/aromatic N) is 5. The lowest BCUT2D eigenvalue weighted by molar-refractivity contribution is -0.126. The summed E-state index contributed by atoms with van der Waals surface area (Å²) in [7, 11) is 0. The first-order valence-electron chi connectivity index (χ1n) is 9.44. The van der Waals surface area contributed by atoms with Gasteiger partial charge in [-0.2, -0.15) is 14.6 Å². The maximum Gasteiger partial charge on any atom is 0.254 e. The molecule has 1 amide bonds. The molecule has 2 aromatic rings. The van der Waals surface area contributed by atoms with Crippen molar-refractivity contribution < 1.29 is 4.79 Å². The van der Waals surface area contributed by atoms with Crippen LogP contribution in [0.4, 0.5) is 5.82 Å². The second kappa shape index (κ2) is 6.61. The van der Waals surface area contributed by atoms with Crippen molar-refractivity contribution >= 4 is 17.5 Å². The molecule has 2 aliphatic rings. The van der Waals surface area contributed by atoms with Gasteiger partial charge in [0.05, 0.1) is 5.69 Å². The van der Waals surface area contributed by atoms with Crippen LogP contribution in [0.25, 0.3) is 5.78 Å². The molecule has 0 unspecified atom stereocenters. The number of aromatic nitrogens is 4. The lowest BCUT2D eigenvalue weighted by Crippen LogP contribution is -2.43. The number of aryl methyl sites for hydroxylation is 1. The Hall–Kier alpha value is -2.18. The zero-order valence-corrected chi connectivity index (χ0v) is 15.0. The van der Waals surface area contributed by atoms with Crippen molar-refractivity contribution in [2.45, 2.75) is 58.4 Å². The fraction of sp³-hybridized carbons (Fsp3) is 0.667. The monoisotopic (exact) mass is 342 g/mol. The standard InChI is InChI=1S/C18H26N6O/c1-3-12(2)21-16(25)13-7-9-23(10-8-13)17-14-5-4-6-15(14)22-18-19-11-20-24(17)18/h11-13H,3-10H2,1-2H3,(H,21,25)/t12-/m1/s1. The molecule has 1 aliphatic carbocycles. The molecule has 7 heteroatoms. The highest BCUT2D eigenvalue weighted by Crippen LogP contribution is 2.32. The molecule has 0 spiro atoms. The summed E-state index contributed by atoms with van der Waals surface area (Å²) >= 11 is 0. The number of anilines is 1. The van der Waals surface area contributed by atoms with E-state index in [1.807, 2.05) is 4.52 Å². The number of nitrogens with one attached hydrogen (secondary N) is 1. The van der Waals surface area contributed by atoms with Crippen LogP contribution in [0.1, 0.15) is 50.8 Å². The second-order valence-corrected chi connectivity index (χ2v) is 7.27. The average Bonchev–Trinajstić information content (AvgIpc) is 3.28. The molecular weight excluding hydrogens is 316 g/mol. The molecule has 25 heavy (non-hydrogen) atoms. The van der Waals surface area contributed by atoms with Crippen LogP contribution in [-0.4, -0.2) is 44.6 Å². The summed E-state index contributed by atoms with van der Waals surface area (Å²) in [5, 5.41) is 7.52. The first-order chi connectivity index (χ1) is 12.2. The van der Waals surface area contributed by atoms with E-state index in [-0.39, 0.29) is 17.9 Å². The number of hydrogen-bond acceptors (Lipinski definition) is 5. The van der Waals surface area contributed by atoms with E-state index in [0.717, 1.165) is 57.4 Å². The average molecular weight is 342 g/mol. The first kappa shape index (κ1) is 16.3. The van der Waals surface area contributed by atoms with E-state index < -0.39 is 0 Å². The highest BCUT2D eigenvalue weighted by atomic mass is 16.1. The second-order valence-electron chi connectivity index (χ2n) is 7.27. The molecule has 1 saturated heterocycles. The third-order valence-electron chi connectivity index (χ3n) is 5.59. The number of rotatable bonds is 4. The molecule has 1 aliphatic heterocycles. The zero-order chi connectivity index (χ0) is 17.4. The lowest BCUT2D eigenvalue weighted by Gasteiger charge is -2.34. The van der Waals surface area contributed by atoms with E-state index >= 15 is 0 Å². The minimum Gasteiger partial charge on any atom is -0.356 e. The summed E-state index contributed by atoms with van der Waals surface area (Å²) in [6.45, 7) is 5.92. The predicted octanol–water partition coefficient (Wildman–Crippen LogP) is 1.74. The van der Waals surface area contributed by atoms with Gasteiger partial charge in [0, 0.05) is 30.6 Å². The van der Waals surface area contributed by atoms with Crippen molar-refractivity contribution in [3.63, 3.8) is 0 Å². The van der Waals surface area contributed by atoms with Crippen molar-refractivity contribution in [1.82, 2.24) is 24.9 Å². The van der Waals surface area contributed by atoms with Gasteiger partial charge < -0.3 is 10.2 Å². The van der Waals surface area contributed by atoms with Crippen LogP contribution < -0.4 is 10.2 Å². The van der Waals surface area contributed by atoms with Gasteiger partial charge in [0.25, 0.3) is 5.78 Å². The van der Waals surface area contributed by atoms with Crippen molar-refractivity contribution in [2.24, 2.45) is 5.92 Å². The number of hydrogen-bond donors (Lipinski definition) is 1. The Bertz CT molecular complexity index is 777. The van der Waals surface area contributed by atoms with Crippen molar-refractivity contribution in [3.05, 3.63) is 17.6 Å². The molecule has 1 atom stereocenters. The first-order valence-corrected chi connectivity index (χ1v) is 9.44. The molecule has 0 radical (unpaired) electrons. The van der Waals surface area contributed by atoms with E-state index in [1.54, 1.807) is 6.33 Å². The van der Waals surface area contributed by atoms with Crippen LogP contribution in [0, 0.1) is 5.92 Å². The third kappa shape index (κ3) is 2.96. The Morgan fingerprint density at radius 1 is 1.36 bits per heavy atom. The van der Waals surface area contributed by atoms with Crippen molar-refractivity contribution in [2.75, 3.05) is 18.0 Å². The topological polar surface area (TPSA) is 75.4 Å². The quantitative estimate of drug-likeness (QED) is 0.916. The fourth-order valence-corrected chi connectivity index (χ4v) is 3.94. The smallest absolute Gasteiger partial charge is 0.254 e. The van der Waals surface area contributed by atoms with E-state index in [9.17, 15) is 4.79 Å².